The van der Waals surface area contributed by atoms with Crippen LogP contribution in [0.5, 0.6) is 5.75 Å². The molecule has 1 amide bonds. The first-order valence-corrected chi connectivity index (χ1v) is 11.2. The Labute approximate surface area is 190 Å². The molecule has 0 saturated carbocycles. The van der Waals surface area contributed by atoms with Gasteiger partial charge < -0.3 is 10.1 Å². The van der Waals surface area contributed by atoms with Crippen molar-refractivity contribution >= 4 is 17.2 Å². The molecule has 1 aromatic heterocycles. The van der Waals surface area contributed by atoms with Crippen LogP contribution < -0.4 is 10.1 Å². The number of nitrogens with one attached hydrogen (secondary N) is 1. The van der Waals surface area contributed by atoms with Gasteiger partial charge in [0, 0.05) is 5.38 Å². The number of nitrogens with zero attached hydrogens (tertiary/aromatic N) is 1. The monoisotopic (exact) mass is 446 g/mol. The lowest BCUT2D eigenvalue weighted by Crippen LogP contribution is -2.30. The molecule has 0 aliphatic heterocycles. The standard InChI is InChI=1S/C26H23FN2O2S/c1-18-7-9-20(10-8-18)26(19-5-3-2-4-6-19)29-24(30)15-22-17-32-25(28-22)16-31-23-13-11-21(27)12-14-23/h2-14,17,26H,15-16H2,1H3,(H,29,30). The van der Waals surface area contributed by atoms with Gasteiger partial charge in [-0.25, -0.2) is 9.37 Å². The summed E-state index contributed by atoms with van der Waals surface area (Å²) in [5, 5.41) is 5.78. The molecule has 32 heavy (non-hydrogen) atoms. The fraction of sp³-hybridized carbons (Fsp3) is 0.154. The van der Waals surface area contributed by atoms with Crippen LogP contribution in [0.25, 0.3) is 0 Å². The number of ether oxygens (including phenoxy) is 1. The molecule has 3 aromatic carbocycles. The highest BCUT2D eigenvalue weighted by Gasteiger charge is 2.18. The number of benzene rings is 3. The van der Waals surface area contributed by atoms with Crippen LogP contribution in [0.3, 0.4) is 0 Å². The summed E-state index contributed by atoms with van der Waals surface area (Å²) in [4.78, 5) is 17.3. The Balaban J connectivity index is 1.40. The number of thiazole rings is 1. The molecule has 1 heterocycles. The number of carbonyl (C=O) groups excluding carboxylic acids is 1. The summed E-state index contributed by atoms with van der Waals surface area (Å²) >= 11 is 1.44. The summed E-state index contributed by atoms with van der Waals surface area (Å²) in [7, 11) is 0. The van der Waals surface area contributed by atoms with E-state index >= 15 is 0 Å². The second kappa shape index (κ2) is 10.2. The van der Waals surface area contributed by atoms with Gasteiger partial charge >= 0.3 is 0 Å². The highest BCUT2D eigenvalue weighted by atomic mass is 32.1. The van der Waals surface area contributed by atoms with E-state index in [1.807, 2.05) is 66.9 Å². The highest BCUT2D eigenvalue weighted by Crippen LogP contribution is 2.23. The first-order chi connectivity index (χ1) is 15.6. The Bertz CT molecular complexity index is 1160. The molecule has 4 nitrogen and oxygen atoms in total. The Morgan fingerprint density at radius 3 is 2.41 bits per heavy atom. The van der Waals surface area contributed by atoms with E-state index in [9.17, 15) is 9.18 Å². The van der Waals surface area contributed by atoms with Gasteiger partial charge in [0.05, 0.1) is 18.2 Å². The van der Waals surface area contributed by atoms with Crippen molar-refractivity contribution in [3.63, 3.8) is 0 Å². The van der Waals surface area contributed by atoms with Crippen molar-refractivity contribution < 1.29 is 13.9 Å². The van der Waals surface area contributed by atoms with Gasteiger partial charge in [0.2, 0.25) is 5.91 Å². The summed E-state index contributed by atoms with van der Waals surface area (Å²) in [6.07, 6.45) is 0.183. The van der Waals surface area contributed by atoms with Gasteiger partial charge in [-0.3, -0.25) is 4.79 Å². The average molecular weight is 447 g/mol. The second-order valence-electron chi connectivity index (χ2n) is 7.47. The van der Waals surface area contributed by atoms with E-state index in [4.69, 9.17) is 4.74 Å². The lowest BCUT2D eigenvalue weighted by Gasteiger charge is -2.20. The predicted octanol–water partition coefficient (Wildman–Crippen LogP) is 5.62. The fourth-order valence-corrected chi connectivity index (χ4v) is 4.02. The normalized spacial score (nSPS) is 11.7. The Kier molecular flexibility index (Phi) is 6.92. The molecule has 1 atom stereocenters. The van der Waals surface area contributed by atoms with Gasteiger partial charge in [0.25, 0.3) is 0 Å². The van der Waals surface area contributed by atoms with Gasteiger partial charge in [-0.1, -0.05) is 60.2 Å². The summed E-state index contributed by atoms with van der Waals surface area (Å²) in [6.45, 7) is 2.31. The van der Waals surface area contributed by atoms with Gasteiger partial charge in [0.15, 0.2) is 0 Å². The quantitative estimate of drug-likeness (QED) is 0.382. The molecule has 1 N–H and O–H groups in total. The molecular formula is C26H23FN2O2S. The van der Waals surface area contributed by atoms with Crippen molar-refractivity contribution in [3.8, 4) is 5.75 Å². The van der Waals surface area contributed by atoms with Crippen LogP contribution in [-0.4, -0.2) is 10.9 Å². The number of aromatic nitrogens is 1. The Morgan fingerprint density at radius 1 is 1.00 bits per heavy atom. The molecule has 162 valence electrons. The van der Waals surface area contributed by atoms with Crippen molar-refractivity contribution in [3.05, 3.63) is 117 Å². The van der Waals surface area contributed by atoms with Crippen molar-refractivity contribution in [2.24, 2.45) is 0 Å². The number of hydrogen-bond donors (Lipinski definition) is 1. The van der Waals surface area contributed by atoms with Crippen LogP contribution in [0.15, 0.2) is 84.2 Å². The minimum absolute atomic E-state index is 0.101. The molecule has 0 fully saturated rings. The van der Waals surface area contributed by atoms with Crippen LogP contribution in [0.2, 0.25) is 0 Å². The Morgan fingerprint density at radius 2 is 1.69 bits per heavy atom. The van der Waals surface area contributed by atoms with Gasteiger partial charge in [-0.15, -0.1) is 11.3 Å². The number of aryl methyl sites for hydroxylation is 1. The lowest BCUT2D eigenvalue weighted by atomic mass is 9.97. The topological polar surface area (TPSA) is 51.2 Å². The van der Waals surface area contributed by atoms with Crippen molar-refractivity contribution in [1.29, 1.82) is 0 Å². The molecule has 1 unspecified atom stereocenters. The molecule has 4 rings (SSSR count). The maximum Gasteiger partial charge on any atom is 0.226 e. The third kappa shape index (κ3) is 5.80. The number of rotatable bonds is 8. The second-order valence-corrected chi connectivity index (χ2v) is 8.42. The number of halogens is 1. The third-order valence-corrected chi connectivity index (χ3v) is 5.84. The van der Waals surface area contributed by atoms with Crippen molar-refractivity contribution in [2.45, 2.75) is 26.0 Å². The highest BCUT2D eigenvalue weighted by molar-refractivity contribution is 7.09. The molecule has 0 aliphatic carbocycles. The van der Waals surface area contributed by atoms with Crippen molar-refractivity contribution in [1.82, 2.24) is 10.3 Å². The predicted molar refractivity (Wildman–Crippen MR) is 124 cm³/mol. The summed E-state index contributed by atoms with van der Waals surface area (Å²) in [5.74, 6) is 0.166. The molecular weight excluding hydrogens is 423 g/mol. The van der Waals surface area contributed by atoms with Crippen molar-refractivity contribution in [2.75, 3.05) is 0 Å². The molecule has 0 spiro atoms. The zero-order valence-electron chi connectivity index (χ0n) is 17.6. The maximum absolute atomic E-state index is 13.0. The van der Waals surface area contributed by atoms with Gasteiger partial charge in [-0.2, -0.15) is 0 Å². The smallest absolute Gasteiger partial charge is 0.226 e. The first kappa shape index (κ1) is 21.7. The Hall–Kier alpha value is -3.51. The summed E-state index contributed by atoms with van der Waals surface area (Å²) in [6, 6.07) is 23.7. The maximum atomic E-state index is 13.0. The van der Waals surface area contributed by atoms with E-state index < -0.39 is 0 Å². The molecule has 0 bridgehead atoms. The molecule has 0 radical (unpaired) electrons. The zero-order chi connectivity index (χ0) is 22.3. The first-order valence-electron chi connectivity index (χ1n) is 10.3. The van der Waals surface area contributed by atoms with E-state index in [0.717, 1.165) is 16.1 Å². The van der Waals surface area contributed by atoms with Gasteiger partial charge in [0.1, 0.15) is 23.2 Å². The largest absolute Gasteiger partial charge is 0.486 e. The molecule has 0 aliphatic rings. The molecule has 6 heteroatoms. The summed E-state index contributed by atoms with van der Waals surface area (Å²) < 4.78 is 18.6. The van der Waals surface area contributed by atoms with E-state index in [2.05, 4.69) is 10.3 Å². The number of hydrogen-bond acceptors (Lipinski definition) is 4. The van der Waals surface area contributed by atoms with E-state index in [-0.39, 0.29) is 30.8 Å². The van der Waals surface area contributed by atoms with Gasteiger partial charge in [-0.05, 0) is 42.3 Å². The fourth-order valence-electron chi connectivity index (χ4n) is 3.31. The minimum atomic E-state index is -0.306. The average Bonchev–Trinajstić information content (AvgIpc) is 3.25. The minimum Gasteiger partial charge on any atom is -0.486 e. The number of carbonyl (C=O) groups is 1. The molecule has 0 saturated heterocycles. The van der Waals surface area contributed by atoms with Crippen LogP contribution >= 0.6 is 11.3 Å². The lowest BCUT2D eigenvalue weighted by molar-refractivity contribution is -0.121. The van der Waals surface area contributed by atoms with Crippen LogP contribution in [0, 0.1) is 12.7 Å². The van der Waals surface area contributed by atoms with Crippen LogP contribution in [0.1, 0.15) is 33.4 Å². The summed E-state index contributed by atoms with van der Waals surface area (Å²) in [5.41, 5.74) is 3.92. The zero-order valence-corrected chi connectivity index (χ0v) is 18.4. The van der Waals surface area contributed by atoms with E-state index in [1.54, 1.807) is 12.1 Å². The third-order valence-electron chi connectivity index (χ3n) is 4.97. The van der Waals surface area contributed by atoms with Crippen LogP contribution in [0.4, 0.5) is 4.39 Å². The van der Waals surface area contributed by atoms with Crippen LogP contribution in [-0.2, 0) is 17.8 Å². The SMILES string of the molecule is Cc1ccc(C(NC(=O)Cc2csc(COc3ccc(F)cc3)n2)c2ccccc2)cc1. The number of amides is 1. The molecule has 4 aromatic rings. The van der Waals surface area contributed by atoms with E-state index in [0.29, 0.717) is 11.4 Å². The van der Waals surface area contributed by atoms with E-state index in [1.165, 1.54) is 29.0 Å².